The lowest BCUT2D eigenvalue weighted by atomic mass is 10.2. The molecule has 0 saturated heterocycles. The van der Waals surface area contributed by atoms with Crippen LogP contribution in [0.3, 0.4) is 0 Å². The van der Waals surface area contributed by atoms with Crippen LogP contribution < -0.4 is 0 Å². The Morgan fingerprint density at radius 2 is 1.00 bits per heavy atom. The maximum atomic E-state index is 2.08. The third kappa shape index (κ3) is 5.80. The Kier molecular flexibility index (Phi) is 6.14. The maximum absolute atomic E-state index is 2.08. The van der Waals surface area contributed by atoms with Gasteiger partial charge in [0, 0.05) is 0 Å². The highest BCUT2D eigenvalue weighted by molar-refractivity contribution is 5.11. The van der Waals surface area contributed by atoms with Crippen LogP contribution in [0.1, 0.15) is 50.5 Å². The van der Waals surface area contributed by atoms with Crippen LogP contribution in [-0.4, -0.2) is 0 Å². The minimum absolute atomic E-state index is 1.32. The minimum Gasteiger partial charge on any atom is -0.0622 e. The number of aryl methyl sites for hydroxylation is 1. The van der Waals surface area contributed by atoms with Gasteiger partial charge in [-0.1, -0.05) is 80.8 Å². The summed E-state index contributed by atoms with van der Waals surface area (Å²) in [6.07, 6.45) is 10.5. The standard InChI is InChI=1S/C7H8.C7H14/c1-7-5-3-2-4-6-7;1-2-4-6-7-5-3-1/h2-6H,1H3;1-7H2. The molecule has 0 bridgehead atoms. The molecule has 1 fully saturated rings. The molecule has 0 aromatic heterocycles. The molecule has 2 rings (SSSR count). The molecule has 0 heteroatoms. The van der Waals surface area contributed by atoms with E-state index in [0.29, 0.717) is 0 Å². The predicted molar refractivity (Wildman–Crippen MR) is 63.5 cm³/mol. The second kappa shape index (κ2) is 7.61. The molecule has 0 nitrogen and oxygen atoms in total. The average Bonchev–Trinajstić information content (AvgIpc) is 2.51. The van der Waals surface area contributed by atoms with Gasteiger partial charge >= 0.3 is 0 Å². The first-order valence-corrected chi connectivity index (χ1v) is 5.91. The molecule has 0 atom stereocenters. The van der Waals surface area contributed by atoms with Crippen molar-refractivity contribution < 1.29 is 0 Å². The van der Waals surface area contributed by atoms with Crippen molar-refractivity contribution >= 4 is 0 Å². The molecular formula is C14H22. The molecule has 0 N–H and O–H groups in total. The van der Waals surface area contributed by atoms with Gasteiger partial charge in [-0.3, -0.25) is 0 Å². The van der Waals surface area contributed by atoms with Crippen molar-refractivity contribution in [3.63, 3.8) is 0 Å². The summed E-state index contributed by atoms with van der Waals surface area (Å²) < 4.78 is 0. The third-order valence-corrected chi connectivity index (χ3v) is 2.69. The summed E-state index contributed by atoms with van der Waals surface area (Å²) >= 11 is 0. The van der Waals surface area contributed by atoms with Crippen LogP contribution in [0.2, 0.25) is 0 Å². The highest BCUT2D eigenvalue weighted by Gasteiger charge is 1.95. The van der Waals surface area contributed by atoms with Crippen LogP contribution in [0.4, 0.5) is 0 Å². The quantitative estimate of drug-likeness (QED) is 0.519. The van der Waals surface area contributed by atoms with E-state index in [4.69, 9.17) is 0 Å². The van der Waals surface area contributed by atoms with Gasteiger partial charge in [0.15, 0.2) is 0 Å². The van der Waals surface area contributed by atoms with Gasteiger partial charge in [0.05, 0.1) is 0 Å². The molecule has 1 saturated carbocycles. The first-order valence-electron chi connectivity index (χ1n) is 5.91. The first kappa shape index (κ1) is 11.3. The van der Waals surface area contributed by atoms with E-state index in [2.05, 4.69) is 19.1 Å². The molecule has 1 aromatic carbocycles. The van der Waals surface area contributed by atoms with Gasteiger partial charge in [-0.25, -0.2) is 0 Å². The molecule has 1 aliphatic rings. The Morgan fingerprint density at radius 1 is 0.643 bits per heavy atom. The Hall–Kier alpha value is -0.780. The zero-order valence-electron chi connectivity index (χ0n) is 9.34. The van der Waals surface area contributed by atoms with Crippen LogP contribution in [-0.2, 0) is 0 Å². The Labute approximate surface area is 88.4 Å². The van der Waals surface area contributed by atoms with E-state index in [1.54, 1.807) is 0 Å². The molecule has 78 valence electrons. The number of hydrogen-bond acceptors (Lipinski definition) is 0. The fourth-order valence-corrected chi connectivity index (χ4v) is 1.77. The molecule has 14 heavy (non-hydrogen) atoms. The molecule has 0 heterocycles. The second-order valence-corrected chi connectivity index (χ2v) is 4.13. The van der Waals surface area contributed by atoms with E-state index in [1.165, 1.54) is 50.5 Å². The van der Waals surface area contributed by atoms with Crippen molar-refractivity contribution in [1.29, 1.82) is 0 Å². The van der Waals surface area contributed by atoms with Crippen molar-refractivity contribution in [1.82, 2.24) is 0 Å². The van der Waals surface area contributed by atoms with Gasteiger partial charge in [0.1, 0.15) is 0 Å². The molecule has 0 aliphatic heterocycles. The van der Waals surface area contributed by atoms with Crippen LogP contribution in [0.15, 0.2) is 30.3 Å². The van der Waals surface area contributed by atoms with Crippen molar-refractivity contribution in [3.05, 3.63) is 35.9 Å². The van der Waals surface area contributed by atoms with Crippen molar-refractivity contribution in [2.75, 3.05) is 0 Å². The molecule has 0 spiro atoms. The predicted octanol–water partition coefficient (Wildman–Crippen LogP) is 4.73. The van der Waals surface area contributed by atoms with E-state index >= 15 is 0 Å². The van der Waals surface area contributed by atoms with Crippen LogP contribution in [0.25, 0.3) is 0 Å². The number of benzene rings is 1. The fourth-order valence-electron chi connectivity index (χ4n) is 1.77. The lowest BCUT2D eigenvalue weighted by Gasteiger charge is -1.85. The molecule has 0 unspecified atom stereocenters. The lowest BCUT2D eigenvalue weighted by molar-refractivity contribution is 0.702. The Balaban J connectivity index is 0.000000140. The Bertz CT molecular complexity index is 193. The van der Waals surface area contributed by atoms with E-state index in [1.807, 2.05) is 18.2 Å². The lowest BCUT2D eigenvalue weighted by Crippen LogP contribution is -1.66. The zero-order chi connectivity index (χ0) is 10.1. The number of hydrogen-bond donors (Lipinski definition) is 0. The highest BCUT2D eigenvalue weighted by Crippen LogP contribution is 2.15. The normalized spacial score (nSPS) is 16.4. The van der Waals surface area contributed by atoms with Crippen molar-refractivity contribution in [2.24, 2.45) is 0 Å². The third-order valence-electron chi connectivity index (χ3n) is 2.69. The van der Waals surface area contributed by atoms with E-state index in [0.717, 1.165) is 0 Å². The zero-order valence-corrected chi connectivity index (χ0v) is 9.34. The molecular weight excluding hydrogens is 168 g/mol. The van der Waals surface area contributed by atoms with Crippen molar-refractivity contribution in [2.45, 2.75) is 51.9 Å². The average molecular weight is 190 g/mol. The largest absolute Gasteiger partial charge is 0.0622 e. The molecule has 0 amide bonds. The minimum atomic E-state index is 1.32. The van der Waals surface area contributed by atoms with Crippen LogP contribution in [0, 0.1) is 6.92 Å². The van der Waals surface area contributed by atoms with Crippen molar-refractivity contribution in [3.8, 4) is 0 Å². The number of rotatable bonds is 0. The summed E-state index contributed by atoms with van der Waals surface area (Å²) in [5.74, 6) is 0. The van der Waals surface area contributed by atoms with E-state index in [-0.39, 0.29) is 0 Å². The van der Waals surface area contributed by atoms with Gasteiger partial charge in [-0.05, 0) is 6.92 Å². The van der Waals surface area contributed by atoms with Gasteiger partial charge in [-0.15, -0.1) is 0 Å². The maximum Gasteiger partial charge on any atom is -0.0398 e. The summed E-state index contributed by atoms with van der Waals surface area (Å²) in [6.45, 7) is 2.08. The highest BCUT2D eigenvalue weighted by atomic mass is 14.0. The van der Waals surface area contributed by atoms with Gasteiger partial charge in [0.25, 0.3) is 0 Å². The monoisotopic (exact) mass is 190 g/mol. The summed E-state index contributed by atoms with van der Waals surface area (Å²) in [7, 11) is 0. The van der Waals surface area contributed by atoms with Gasteiger partial charge in [-0.2, -0.15) is 0 Å². The smallest absolute Gasteiger partial charge is 0.0398 e. The fraction of sp³-hybridized carbons (Fsp3) is 0.571. The Morgan fingerprint density at radius 3 is 1.21 bits per heavy atom. The van der Waals surface area contributed by atoms with E-state index < -0.39 is 0 Å². The van der Waals surface area contributed by atoms with Gasteiger partial charge in [0.2, 0.25) is 0 Å². The summed E-state index contributed by atoms with van der Waals surface area (Å²) in [4.78, 5) is 0. The summed E-state index contributed by atoms with van der Waals surface area (Å²) in [6, 6.07) is 10.3. The topological polar surface area (TPSA) is 0 Å². The van der Waals surface area contributed by atoms with Crippen LogP contribution >= 0.6 is 0 Å². The van der Waals surface area contributed by atoms with Crippen LogP contribution in [0.5, 0.6) is 0 Å². The second-order valence-electron chi connectivity index (χ2n) is 4.13. The SMILES string of the molecule is C1CCCCCC1.Cc1ccccc1. The molecule has 1 aromatic rings. The van der Waals surface area contributed by atoms with Gasteiger partial charge < -0.3 is 0 Å². The summed E-state index contributed by atoms with van der Waals surface area (Å²) in [5, 5.41) is 0. The first-order chi connectivity index (χ1) is 6.89. The molecule has 0 radical (unpaired) electrons. The molecule has 1 aliphatic carbocycles. The van der Waals surface area contributed by atoms with E-state index in [9.17, 15) is 0 Å². The summed E-state index contributed by atoms with van der Waals surface area (Å²) in [5.41, 5.74) is 1.32.